The zero-order valence-corrected chi connectivity index (χ0v) is 11.1. The third-order valence-corrected chi connectivity index (χ3v) is 2.50. The van der Waals surface area contributed by atoms with Gasteiger partial charge in [0.2, 0.25) is 5.91 Å². The van der Waals surface area contributed by atoms with Gasteiger partial charge in [-0.15, -0.1) is 0 Å². The molecule has 0 saturated heterocycles. The quantitative estimate of drug-likeness (QED) is 0.829. The molecule has 0 aliphatic carbocycles. The van der Waals surface area contributed by atoms with Crippen LogP contribution in [0.15, 0.2) is 18.2 Å². The highest BCUT2D eigenvalue weighted by Crippen LogP contribution is 2.26. The van der Waals surface area contributed by atoms with Crippen LogP contribution in [-0.4, -0.2) is 33.1 Å². The first-order chi connectivity index (χ1) is 8.49. The average molecular weight is 250 g/mol. The van der Waals surface area contributed by atoms with E-state index < -0.39 is 5.97 Å². The predicted octanol–water partition coefficient (Wildman–Crippen LogP) is 1.89. The molecule has 0 heterocycles. The predicted molar refractivity (Wildman–Crippen MR) is 71.0 cm³/mol. The van der Waals surface area contributed by atoms with Crippen molar-refractivity contribution in [3.8, 4) is 0 Å². The highest BCUT2D eigenvalue weighted by atomic mass is 16.5. The van der Waals surface area contributed by atoms with E-state index in [9.17, 15) is 9.59 Å². The van der Waals surface area contributed by atoms with E-state index in [-0.39, 0.29) is 5.91 Å². The van der Waals surface area contributed by atoms with Crippen molar-refractivity contribution < 1.29 is 14.3 Å². The van der Waals surface area contributed by atoms with Crippen molar-refractivity contribution in [2.75, 3.05) is 31.4 Å². The van der Waals surface area contributed by atoms with Gasteiger partial charge in [-0.1, -0.05) is 6.92 Å². The van der Waals surface area contributed by atoms with Gasteiger partial charge in [0.1, 0.15) is 0 Å². The average Bonchev–Trinajstić information content (AvgIpc) is 2.37. The van der Waals surface area contributed by atoms with Crippen LogP contribution in [0.1, 0.15) is 23.7 Å². The van der Waals surface area contributed by atoms with E-state index in [1.807, 2.05) is 19.0 Å². The lowest BCUT2D eigenvalue weighted by Crippen LogP contribution is -2.16. The van der Waals surface area contributed by atoms with E-state index in [1.165, 1.54) is 7.11 Å². The summed E-state index contributed by atoms with van der Waals surface area (Å²) in [5, 5.41) is 2.79. The number of hydrogen-bond acceptors (Lipinski definition) is 4. The maximum Gasteiger partial charge on any atom is 0.337 e. The monoisotopic (exact) mass is 250 g/mol. The molecular weight excluding hydrogens is 232 g/mol. The maximum absolute atomic E-state index is 11.4. The fourth-order valence-electron chi connectivity index (χ4n) is 1.49. The van der Waals surface area contributed by atoms with Crippen molar-refractivity contribution in [1.29, 1.82) is 0 Å². The molecule has 1 aromatic carbocycles. The lowest BCUT2D eigenvalue weighted by atomic mass is 10.1. The highest BCUT2D eigenvalue weighted by Gasteiger charge is 2.12. The molecule has 0 radical (unpaired) electrons. The SMILES string of the molecule is CCC(=O)Nc1ccc(C(=O)OC)cc1N(C)C. The topological polar surface area (TPSA) is 58.6 Å². The van der Waals surface area contributed by atoms with E-state index in [0.717, 1.165) is 5.69 Å². The molecule has 18 heavy (non-hydrogen) atoms. The van der Waals surface area contributed by atoms with Crippen molar-refractivity contribution >= 4 is 23.3 Å². The van der Waals surface area contributed by atoms with Gasteiger partial charge in [0.25, 0.3) is 0 Å². The molecule has 1 amide bonds. The van der Waals surface area contributed by atoms with Crippen LogP contribution in [0.25, 0.3) is 0 Å². The van der Waals surface area contributed by atoms with Crippen LogP contribution in [0.4, 0.5) is 11.4 Å². The first kappa shape index (κ1) is 14.0. The number of rotatable bonds is 4. The Morgan fingerprint density at radius 1 is 1.33 bits per heavy atom. The van der Waals surface area contributed by atoms with Crippen LogP contribution < -0.4 is 10.2 Å². The summed E-state index contributed by atoms with van der Waals surface area (Å²) in [7, 11) is 5.03. The molecule has 1 rings (SSSR count). The second kappa shape index (κ2) is 6.05. The molecule has 5 nitrogen and oxygen atoms in total. The zero-order valence-electron chi connectivity index (χ0n) is 11.1. The molecule has 5 heteroatoms. The van der Waals surface area contributed by atoms with Crippen LogP contribution in [0.3, 0.4) is 0 Å². The Kier molecular flexibility index (Phi) is 4.71. The van der Waals surface area contributed by atoms with Crippen molar-refractivity contribution in [3.05, 3.63) is 23.8 Å². The van der Waals surface area contributed by atoms with E-state index >= 15 is 0 Å². The number of esters is 1. The summed E-state index contributed by atoms with van der Waals surface area (Å²) < 4.78 is 4.67. The lowest BCUT2D eigenvalue weighted by molar-refractivity contribution is -0.115. The molecule has 0 atom stereocenters. The number of carbonyl (C=O) groups excluding carboxylic acids is 2. The number of ether oxygens (including phenoxy) is 1. The summed E-state index contributed by atoms with van der Waals surface area (Å²) in [6.07, 6.45) is 0.408. The van der Waals surface area contributed by atoms with Gasteiger partial charge in [-0.05, 0) is 18.2 Å². The minimum Gasteiger partial charge on any atom is -0.465 e. The van der Waals surface area contributed by atoms with E-state index in [4.69, 9.17) is 0 Å². The van der Waals surface area contributed by atoms with Gasteiger partial charge in [-0.2, -0.15) is 0 Å². The fraction of sp³-hybridized carbons (Fsp3) is 0.385. The smallest absolute Gasteiger partial charge is 0.337 e. The van der Waals surface area contributed by atoms with Crippen LogP contribution in [0, 0.1) is 0 Å². The number of nitrogens with one attached hydrogen (secondary N) is 1. The van der Waals surface area contributed by atoms with Crippen LogP contribution in [0.5, 0.6) is 0 Å². The lowest BCUT2D eigenvalue weighted by Gasteiger charge is -2.18. The molecule has 0 unspecified atom stereocenters. The Hall–Kier alpha value is -2.04. The van der Waals surface area contributed by atoms with Crippen molar-refractivity contribution in [2.24, 2.45) is 0 Å². The summed E-state index contributed by atoms with van der Waals surface area (Å²) in [4.78, 5) is 24.7. The Morgan fingerprint density at radius 3 is 2.50 bits per heavy atom. The molecule has 98 valence electrons. The molecular formula is C13H18N2O3. The van der Waals surface area contributed by atoms with Gasteiger partial charge in [0.15, 0.2) is 0 Å². The maximum atomic E-state index is 11.4. The second-order valence-corrected chi connectivity index (χ2v) is 4.02. The molecule has 0 spiro atoms. The van der Waals surface area contributed by atoms with E-state index in [0.29, 0.717) is 17.7 Å². The van der Waals surface area contributed by atoms with E-state index in [1.54, 1.807) is 25.1 Å². The van der Waals surface area contributed by atoms with Crippen molar-refractivity contribution in [2.45, 2.75) is 13.3 Å². The Morgan fingerprint density at radius 2 is 2.00 bits per heavy atom. The molecule has 1 N–H and O–H groups in total. The minimum atomic E-state index is -0.397. The minimum absolute atomic E-state index is 0.0658. The molecule has 0 fully saturated rings. The summed E-state index contributed by atoms with van der Waals surface area (Å²) in [5.74, 6) is -0.463. The highest BCUT2D eigenvalue weighted by molar-refractivity contribution is 5.97. The summed E-state index contributed by atoms with van der Waals surface area (Å²) in [5.41, 5.74) is 1.90. The molecule has 0 aliphatic heterocycles. The molecule has 0 saturated carbocycles. The van der Waals surface area contributed by atoms with Gasteiger partial charge < -0.3 is 15.0 Å². The molecule has 0 aromatic heterocycles. The summed E-state index contributed by atoms with van der Waals surface area (Å²) in [6, 6.07) is 5.02. The Balaban J connectivity index is 3.12. The van der Waals surface area contributed by atoms with Crippen molar-refractivity contribution in [1.82, 2.24) is 0 Å². The third kappa shape index (κ3) is 3.23. The number of nitrogens with zero attached hydrogens (tertiary/aromatic N) is 1. The number of benzene rings is 1. The Bertz CT molecular complexity index is 456. The number of hydrogen-bond donors (Lipinski definition) is 1. The largest absolute Gasteiger partial charge is 0.465 e. The molecule has 0 aliphatic rings. The molecule has 1 aromatic rings. The first-order valence-corrected chi connectivity index (χ1v) is 5.69. The van der Waals surface area contributed by atoms with Gasteiger partial charge in [0, 0.05) is 20.5 Å². The number of carbonyl (C=O) groups is 2. The van der Waals surface area contributed by atoms with Crippen LogP contribution in [-0.2, 0) is 9.53 Å². The zero-order chi connectivity index (χ0) is 13.7. The van der Waals surface area contributed by atoms with Crippen molar-refractivity contribution in [3.63, 3.8) is 0 Å². The van der Waals surface area contributed by atoms with Crippen LogP contribution in [0.2, 0.25) is 0 Å². The summed E-state index contributed by atoms with van der Waals surface area (Å²) >= 11 is 0. The normalized spacial score (nSPS) is 9.78. The summed E-state index contributed by atoms with van der Waals surface area (Å²) in [6.45, 7) is 1.79. The van der Waals surface area contributed by atoms with Crippen LogP contribution >= 0.6 is 0 Å². The third-order valence-electron chi connectivity index (χ3n) is 2.50. The van der Waals surface area contributed by atoms with Gasteiger partial charge in [0.05, 0.1) is 24.0 Å². The number of amides is 1. The second-order valence-electron chi connectivity index (χ2n) is 4.02. The van der Waals surface area contributed by atoms with Gasteiger partial charge in [-0.3, -0.25) is 4.79 Å². The number of methoxy groups -OCH3 is 1. The fourth-order valence-corrected chi connectivity index (χ4v) is 1.49. The van der Waals surface area contributed by atoms with Gasteiger partial charge >= 0.3 is 5.97 Å². The molecule has 0 bridgehead atoms. The van der Waals surface area contributed by atoms with E-state index in [2.05, 4.69) is 10.1 Å². The van der Waals surface area contributed by atoms with Gasteiger partial charge in [-0.25, -0.2) is 4.79 Å². The first-order valence-electron chi connectivity index (χ1n) is 5.69. The Labute approximate surface area is 107 Å². The number of anilines is 2. The standard InChI is InChI=1S/C13H18N2O3/c1-5-12(16)14-10-7-6-9(13(17)18-4)8-11(10)15(2)3/h6-8H,5H2,1-4H3,(H,14,16).